The van der Waals surface area contributed by atoms with Gasteiger partial charge in [0, 0.05) is 32.2 Å². The number of methoxy groups -OCH3 is 2. The minimum absolute atomic E-state index is 0.343. The maximum absolute atomic E-state index is 12.9. The molecule has 2 heterocycles. The zero-order valence-electron chi connectivity index (χ0n) is 17.0. The van der Waals surface area contributed by atoms with Crippen LogP contribution < -0.4 is 15.1 Å². The zero-order chi connectivity index (χ0) is 20.4. The van der Waals surface area contributed by atoms with E-state index in [0.29, 0.717) is 31.0 Å². The summed E-state index contributed by atoms with van der Waals surface area (Å²) in [4.78, 5) is 15.1. The third-order valence-corrected chi connectivity index (χ3v) is 5.38. The highest BCUT2D eigenvalue weighted by Crippen LogP contribution is 2.35. The van der Waals surface area contributed by atoms with E-state index in [2.05, 4.69) is 4.90 Å². The number of fused-ring (bicyclic) bond motifs is 3. The van der Waals surface area contributed by atoms with Crippen LogP contribution in [0.15, 0.2) is 45.6 Å². The monoisotopic (exact) mass is 395 g/mol. The molecule has 2 aromatic carbocycles. The van der Waals surface area contributed by atoms with Gasteiger partial charge in [-0.25, -0.2) is 4.79 Å². The van der Waals surface area contributed by atoms with E-state index in [-0.39, 0.29) is 5.63 Å². The Balaban J connectivity index is 1.75. The summed E-state index contributed by atoms with van der Waals surface area (Å²) in [5, 5.41) is 0.927. The van der Waals surface area contributed by atoms with E-state index in [4.69, 9.17) is 18.6 Å². The molecule has 1 aromatic heterocycles. The summed E-state index contributed by atoms with van der Waals surface area (Å²) < 4.78 is 22.1. The molecule has 152 valence electrons. The highest BCUT2D eigenvalue weighted by Gasteiger charge is 2.23. The lowest BCUT2D eigenvalue weighted by Crippen LogP contribution is -2.33. The second-order valence-electron chi connectivity index (χ2n) is 7.21. The smallest absolute Gasteiger partial charge is 0.344 e. The van der Waals surface area contributed by atoms with Crippen molar-refractivity contribution in [3.63, 3.8) is 0 Å². The molecule has 0 N–H and O–H groups in total. The molecule has 0 spiro atoms. The predicted octanol–water partition coefficient (Wildman–Crippen LogP) is 3.97. The van der Waals surface area contributed by atoms with E-state index in [9.17, 15) is 4.79 Å². The minimum Gasteiger partial charge on any atom is -0.497 e. The maximum atomic E-state index is 12.9. The Labute approximate surface area is 169 Å². The Morgan fingerprint density at radius 3 is 2.62 bits per heavy atom. The summed E-state index contributed by atoms with van der Waals surface area (Å²) in [7, 11) is 3.32. The van der Waals surface area contributed by atoms with E-state index < -0.39 is 0 Å². The van der Waals surface area contributed by atoms with Gasteiger partial charge in [0.2, 0.25) is 0 Å². The third-order valence-electron chi connectivity index (χ3n) is 5.38. The molecular formula is C23H25NO5. The zero-order valence-corrected chi connectivity index (χ0v) is 17.0. The molecule has 0 bridgehead atoms. The molecule has 0 saturated heterocycles. The molecule has 0 amide bonds. The molecule has 0 radical (unpaired) electrons. The largest absolute Gasteiger partial charge is 0.497 e. The topological polar surface area (TPSA) is 61.1 Å². The van der Waals surface area contributed by atoms with Crippen molar-refractivity contribution in [2.24, 2.45) is 0 Å². The molecule has 0 aliphatic carbocycles. The minimum atomic E-state index is -0.343. The summed E-state index contributed by atoms with van der Waals surface area (Å²) in [6.07, 6.45) is 0.921. The van der Waals surface area contributed by atoms with Crippen LogP contribution in [-0.2, 0) is 11.3 Å². The van der Waals surface area contributed by atoms with Gasteiger partial charge in [0.05, 0.1) is 18.2 Å². The van der Waals surface area contributed by atoms with Crippen LogP contribution >= 0.6 is 0 Å². The van der Waals surface area contributed by atoms with Crippen LogP contribution in [0.2, 0.25) is 0 Å². The number of nitrogens with zero attached hydrogens (tertiary/aromatic N) is 1. The second-order valence-corrected chi connectivity index (χ2v) is 7.21. The Morgan fingerprint density at radius 1 is 1.10 bits per heavy atom. The fourth-order valence-corrected chi connectivity index (χ4v) is 3.84. The van der Waals surface area contributed by atoms with E-state index in [1.54, 1.807) is 14.2 Å². The van der Waals surface area contributed by atoms with Crippen molar-refractivity contribution in [3.05, 3.63) is 57.9 Å². The van der Waals surface area contributed by atoms with Gasteiger partial charge in [-0.15, -0.1) is 0 Å². The van der Waals surface area contributed by atoms with Gasteiger partial charge in [0.1, 0.15) is 23.8 Å². The van der Waals surface area contributed by atoms with E-state index in [1.165, 1.54) is 0 Å². The highest BCUT2D eigenvalue weighted by molar-refractivity contribution is 5.90. The van der Waals surface area contributed by atoms with Crippen LogP contribution in [-0.4, -0.2) is 39.0 Å². The summed E-state index contributed by atoms with van der Waals surface area (Å²) in [6.45, 7) is 4.73. The van der Waals surface area contributed by atoms with Crippen LogP contribution in [0, 0.1) is 6.92 Å². The fourth-order valence-electron chi connectivity index (χ4n) is 3.84. The van der Waals surface area contributed by atoms with Gasteiger partial charge >= 0.3 is 5.63 Å². The van der Waals surface area contributed by atoms with E-state index >= 15 is 0 Å². The maximum Gasteiger partial charge on any atom is 0.344 e. The van der Waals surface area contributed by atoms with Crippen molar-refractivity contribution >= 4 is 11.0 Å². The Morgan fingerprint density at radius 2 is 1.90 bits per heavy atom. The van der Waals surface area contributed by atoms with Crippen molar-refractivity contribution in [1.29, 1.82) is 0 Å². The molecule has 3 aromatic rings. The van der Waals surface area contributed by atoms with Gasteiger partial charge in [-0.3, -0.25) is 4.90 Å². The van der Waals surface area contributed by atoms with Crippen LogP contribution in [0.5, 0.6) is 11.5 Å². The number of aryl methyl sites for hydroxylation is 1. The molecule has 1 aliphatic rings. The van der Waals surface area contributed by atoms with Crippen LogP contribution in [0.3, 0.4) is 0 Å². The molecule has 29 heavy (non-hydrogen) atoms. The lowest BCUT2D eigenvalue weighted by Gasteiger charge is -2.29. The molecule has 0 saturated carbocycles. The summed E-state index contributed by atoms with van der Waals surface area (Å²) in [5.41, 5.74) is 3.49. The van der Waals surface area contributed by atoms with Crippen molar-refractivity contribution in [2.75, 3.05) is 34.1 Å². The van der Waals surface area contributed by atoms with Crippen LogP contribution in [0.25, 0.3) is 22.1 Å². The summed E-state index contributed by atoms with van der Waals surface area (Å²) in [6, 6.07) is 11.4. The molecule has 0 fully saturated rings. The van der Waals surface area contributed by atoms with Gasteiger partial charge in [0.15, 0.2) is 0 Å². The third kappa shape index (κ3) is 3.73. The highest BCUT2D eigenvalue weighted by atomic mass is 16.5. The fraction of sp³-hybridized carbons (Fsp3) is 0.348. The quantitative estimate of drug-likeness (QED) is 0.465. The standard InChI is InChI=1S/C23H25NO5/c1-15-18-9-10-20-19(13-24(14-28-20)11-4-12-26-2)22(18)29-23(25)21(15)16-5-7-17(27-3)8-6-16/h5-10H,4,11-14H2,1-3H3. The average molecular weight is 395 g/mol. The Kier molecular flexibility index (Phi) is 5.56. The number of hydrogen-bond acceptors (Lipinski definition) is 6. The normalized spacial score (nSPS) is 13.9. The number of benzene rings is 2. The number of rotatable bonds is 6. The van der Waals surface area contributed by atoms with Crippen LogP contribution in [0.4, 0.5) is 0 Å². The van der Waals surface area contributed by atoms with E-state index in [0.717, 1.165) is 46.5 Å². The van der Waals surface area contributed by atoms with Crippen molar-refractivity contribution in [2.45, 2.75) is 19.9 Å². The van der Waals surface area contributed by atoms with Gasteiger partial charge in [-0.05, 0) is 48.7 Å². The first kappa shape index (κ1) is 19.5. The molecular weight excluding hydrogens is 370 g/mol. The predicted molar refractivity (Wildman–Crippen MR) is 112 cm³/mol. The lowest BCUT2D eigenvalue weighted by molar-refractivity contribution is 0.0837. The Bertz CT molecular complexity index is 1070. The van der Waals surface area contributed by atoms with Gasteiger partial charge < -0.3 is 18.6 Å². The van der Waals surface area contributed by atoms with Crippen molar-refractivity contribution in [3.8, 4) is 22.6 Å². The summed E-state index contributed by atoms with van der Waals surface area (Å²) >= 11 is 0. The van der Waals surface area contributed by atoms with Crippen LogP contribution in [0.1, 0.15) is 17.5 Å². The Hall–Kier alpha value is -2.83. The van der Waals surface area contributed by atoms with Crippen molar-refractivity contribution < 1.29 is 18.6 Å². The molecule has 0 atom stereocenters. The number of hydrogen-bond donors (Lipinski definition) is 0. The first-order valence-electron chi connectivity index (χ1n) is 9.70. The first-order valence-corrected chi connectivity index (χ1v) is 9.70. The average Bonchev–Trinajstić information content (AvgIpc) is 2.74. The van der Waals surface area contributed by atoms with E-state index in [1.807, 2.05) is 43.3 Å². The van der Waals surface area contributed by atoms with Gasteiger partial charge in [-0.2, -0.15) is 0 Å². The summed E-state index contributed by atoms with van der Waals surface area (Å²) in [5.74, 6) is 1.52. The molecule has 1 aliphatic heterocycles. The first-order chi connectivity index (χ1) is 14.1. The number of ether oxygens (including phenoxy) is 3. The molecule has 4 rings (SSSR count). The molecule has 6 heteroatoms. The second kappa shape index (κ2) is 8.27. The lowest BCUT2D eigenvalue weighted by atomic mass is 9.97. The molecule has 0 unspecified atom stereocenters. The van der Waals surface area contributed by atoms with Gasteiger partial charge in [0.25, 0.3) is 0 Å². The molecule has 6 nitrogen and oxygen atoms in total. The van der Waals surface area contributed by atoms with Crippen molar-refractivity contribution in [1.82, 2.24) is 4.90 Å². The SMILES string of the molecule is COCCCN1COc2ccc3c(C)c(-c4ccc(OC)cc4)c(=O)oc3c2C1. The van der Waals surface area contributed by atoms with Gasteiger partial charge in [-0.1, -0.05) is 12.1 Å².